The Balaban J connectivity index is 1.35. The number of nitrogens with zero attached hydrogens (tertiary/aromatic N) is 2. The molecule has 1 aliphatic carbocycles. The first-order valence-corrected chi connectivity index (χ1v) is 14.6. The minimum absolute atomic E-state index is 0.0293. The van der Waals surface area contributed by atoms with Crippen LogP contribution in [-0.2, 0) is 28.9 Å². The molecule has 194 valence electrons. The standard InChI is InChI=1S/C23H26ClN3O7S2/c1-3-33-23(30)20-17(14-4-5-14)11-35-22(20)25-18(28)10-34-19(29)7-6-16-13(2)26-27(21(16)24)15-8-9-36(31,32)12-15/h6-7,11,14-15H,3-5,8-10,12H2,1-2H3,(H,25,28)/b7-6+. The summed E-state index contributed by atoms with van der Waals surface area (Å²) in [6.07, 6.45) is 4.95. The highest BCUT2D eigenvalue weighted by molar-refractivity contribution is 7.91. The number of nitrogens with one attached hydrogen (secondary N) is 1. The van der Waals surface area contributed by atoms with Gasteiger partial charge in [-0.05, 0) is 56.0 Å². The van der Waals surface area contributed by atoms with Crippen molar-refractivity contribution < 1.29 is 32.3 Å². The molecule has 1 aliphatic heterocycles. The number of esters is 2. The third kappa shape index (κ3) is 5.98. The van der Waals surface area contributed by atoms with Crippen molar-refractivity contribution in [3.8, 4) is 0 Å². The van der Waals surface area contributed by atoms with E-state index in [9.17, 15) is 22.8 Å². The maximum atomic E-state index is 12.4. The van der Waals surface area contributed by atoms with E-state index in [4.69, 9.17) is 21.1 Å². The predicted octanol–water partition coefficient (Wildman–Crippen LogP) is 3.52. The number of halogens is 1. The molecule has 4 rings (SSSR count). The summed E-state index contributed by atoms with van der Waals surface area (Å²) < 4.78 is 35.2. The number of hydrogen-bond acceptors (Lipinski definition) is 9. The summed E-state index contributed by atoms with van der Waals surface area (Å²) in [6, 6.07) is -0.351. The number of amides is 1. The number of rotatable bonds is 9. The third-order valence-corrected chi connectivity index (χ3v) is 8.97. The SMILES string of the molecule is CCOC(=O)c1c(C2CC2)csc1NC(=O)COC(=O)/C=C/c1c(C)nn(C2CCS(=O)(=O)C2)c1Cl. The third-order valence-electron chi connectivity index (χ3n) is 5.93. The van der Waals surface area contributed by atoms with Crippen LogP contribution in [0.4, 0.5) is 5.00 Å². The van der Waals surface area contributed by atoms with E-state index in [0.29, 0.717) is 34.2 Å². The lowest BCUT2D eigenvalue weighted by atomic mass is 10.1. The average Bonchev–Trinajstić information content (AvgIpc) is 3.39. The number of hydrogen-bond donors (Lipinski definition) is 1. The molecule has 1 atom stereocenters. The monoisotopic (exact) mass is 555 g/mol. The van der Waals surface area contributed by atoms with E-state index in [-0.39, 0.29) is 29.3 Å². The van der Waals surface area contributed by atoms with Crippen LogP contribution in [0.2, 0.25) is 5.15 Å². The zero-order valence-corrected chi connectivity index (χ0v) is 22.2. The van der Waals surface area contributed by atoms with E-state index in [2.05, 4.69) is 10.4 Å². The van der Waals surface area contributed by atoms with Gasteiger partial charge >= 0.3 is 11.9 Å². The van der Waals surface area contributed by atoms with Gasteiger partial charge in [-0.3, -0.25) is 4.79 Å². The molecule has 0 radical (unpaired) electrons. The minimum atomic E-state index is -3.11. The lowest BCUT2D eigenvalue weighted by Crippen LogP contribution is -2.21. The molecule has 3 heterocycles. The molecule has 1 saturated carbocycles. The number of ether oxygens (including phenoxy) is 2. The molecular weight excluding hydrogens is 530 g/mol. The molecule has 0 aromatic carbocycles. The van der Waals surface area contributed by atoms with Crippen molar-refractivity contribution in [3.63, 3.8) is 0 Å². The topological polar surface area (TPSA) is 134 Å². The zero-order chi connectivity index (χ0) is 26.0. The largest absolute Gasteiger partial charge is 0.462 e. The maximum absolute atomic E-state index is 12.4. The van der Waals surface area contributed by atoms with Gasteiger partial charge in [0.15, 0.2) is 16.4 Å². The van der Waals surface area contributed by atoms with Gasteiger partial charge in [-0.1, -0.05) is 11.6 Å². The number of aryl methyl sites for hydroxylation is 1. The van der Waals surface area contributed by atoms with Crippen molar-refractivity contribution in [2.75, 3.05) is 30.0 Å². The number of carbonyl (C=O) groups is 3. The van der Waals surface area contributed by atoms with Crippen LogP contribution in [0.1, 0.15) is 65.3 Å². The van der Waals surface area contributed by atoms with E-state index in [0.717, 1.165) is 24.5 Å². The fraction of sp³-hybridized carbons (Fsp3) is 0.478. The first-order valence-electron chi connectivity index (χ1n) is 11.5. The molecule has 1 N–H and O–H groups in total. The van der Waals surface area contributed by atoms with E-state index in [1.54, 1.807) is 13.8 Å². The molecule has 1 saturated heterocycles. The van der Waals surface area contributed by atoms with E-state index < -0.39 is 34.3 Å². The molecule has 0 spiro atoms. The van der Waals surface area contributed by atoms with Crippen molar-refractivity contribution in [1.29, 1.82) is 0 Å². The number of thiophene rings is 1. The van der Waals surface area contributed by atoms with Crippen LogP contribution < -0.4 is 5.32 Å². The molecule has 10 nitrogen and oxygen atoms in total. The summed E-state index contributed by atoms with van der Waals surface area (Å²) in [5.41, 5.74) is 2.23. The Kier molecular flexibility index (Phi) is 7.86. The van der Waals surface area contributed by atoms with Crippen LogP contribution in [0.3, 0.4) is 0 Å². The number of sulfone groups is 1. The van der Waals surface area contributed by atoms with Crippen molar-refractivity contribution in [3.05, 3.63) is 39.0 Å². The summed E-state index contributed by atoms with van der Waals surface area (Å²) in [6.45, 7) is 3.08. The highest BCUT2D eigenvalue weighted by Gasteiger charge is 2.33. The minimum Gasteiger partial charge on any atom is -0.462 e. The molecule has 1 amide bonds. The lowest BCUT2D eigenvalue weighted by Gasteiger charge is -2.09. The molecule has 2 aliphatic rings. The Morgan fingerprint density at radius 1 is 1.28 bits per heavy atom. The zero-order valence-electron chi connectivity index (χ0n) is 19.8. The van der Waals surface area contributed by atoms with Crippen LogP contribution in [0.15, 0.2) is 11.5 Å². The second kappa shape index (κ2) is 10.7. The Labute approximate surface area is 217 Å². The number of carbonyl (C=O) groups excluding carboxylic acids is 3. The summed E-state index contributed by atoms with van der Waals surface area (Å²) in [5.74, 6) is -1.49. The molecular formula is C23H26ClN3O7S2. The first-order chi connectivity index (χ1) is 17.1. The molecule has 2 fully saturated rings. The molecule has 1 unspecified atom stereocenters. The summed E-state index contributed by atoms with van der Waals surface area (Å²) >= 11 is 7.63. The average molecular weight is 556 g/mol. The normalized spacial score (nSPS) is 18.9. The van der Waals surface area contributed by atoms with Crippen LogP contribution >= 0.6 is 22.9 Å². The van der Waals surface area contributed by atoms with Gasteiger partial charge in [0.05, 0.1) is 35.4 Å². The van der Waals surface area contributed by atoms with Gasteiger partial charge < -0.3 is 14.8 Å². The van der Waals surface area contributed by atoms with Gasteiger partial charge in [0.2, 0.25) is 0 Å². The van der Waals surface area contributed by atoms with E-state index >= 15 is 0 Å². The molecule has 0 bridgehead atoms. The van der Waals surface area contributed by atoms with Crippen molar-refractivity contribution >= 4 is 61.7 Å². The Bertz CT molecular complexity index is 1330. The summed E-state index contributed by atoms with van der Waals surface area (Å²) in [4.78, 5) is 37.0. The van der Waals surface area contributed by atoms with E-state index in [1.165, 1.54) is 22.1 Å². The van der Waals surface area contributed by atoms with Gasteiger partial charge in [-0.15, -0.1) is 11.3 Å². The molecule has 36 heavy (non-hydrogen) atoms. The highest BCUT2D eigenvalue weighted by Crippen LogP contribution is 2.46. The van der Waals surface area contributed by atoms with Gasteiger partial charge in [0, 0.05) is 11.6 Å². The van der Waals surface area contributed by atoms with Gasteiger partial charge in [-0.25, -0.2) is 22.7 Å². The molecule has 2 aromatic heterocycles. The van der Waals surface area contributed by atoms with Crippen LogP contribution in [0.25, 0.3) is 6.08 Å². The lowest BCUT2D eigenvalue weighted by molar-refractivity contribution is -0.142. The van der Waals surface area contributed by atoms with Crippen molar-refractivity contribution in [2.24, 2.45) is 0 Å². The molecule has 2 aromatic rings. The summed E-state index contributed by atoms with van der Waals surface area (Å²) in [5, 5.41) is 9.41. The van der Waals surface area contributed by atoms with Crippen LogP contribution in [0.5, 0.6) is 0 Å². The second-order valence-electron chi connectivity index (χ2n) is 8.67. The molecule has 13 heteroatoms. The number of aromatic nitrogens is 2. The summed E-state index contributed by atoms with van der Waals surface area (Å²) in [7, 11) is -3.11. The van der Waals surface area contributed by atoms with E-state index in [1.807, 2.05) is 5.38 Å². The second-order valence-corrected chi connectivity index (χ2v) is 12.1. The van der Waals surface area contributed by atoms with Gasteiger partial charge in [0.1, 0.15) is 10.2 Å². The maximum Gasteiger partial charge on any atom is 0.341 e. The van der Waals surface area contributed by atoms with Crippen molar-refractivity contribution in [2.45, 2.75) is 45.1 Å². The van der Waals surface area contributed by atoms with Gasteiger partial charge in [0.25, 0.3) is 5.91 Å². The van der Waals surface area contributed by atoms with Gasteiger partial charge in [-0.2, -0.15) is 5.10 Å². The highest BCUT2D eigenvalue weighted by atomic mass is 35.5. The number of anilines is 1. The Morgan fingerprint density at radius 2 is 2.03 bits per heavy atom. The Hall–Kier alpha value is -2.70. The fourth-order valence-electron chi connectivity index (χ4n) is 4.00. The van der Waals surface area contributed by atoms with Crippen molar-refractivity contribution in [1.82, 2.24) is 9.78 Å². The Morgan fingerprint density at radius 3 is 2.67 bits per heavy atom. The predicted molar refractivity (Wildman–Crippen MR) is 135 cm³/mol. The first kappa shape index (κ1) is 26.4. The van der Waals surface area contributed by atoms with Crippen LogP contribution in [-0.4, -0.2) is 60.8 Å². The smallest absolute Gasteiger partial charge is 0.341 e. The fourth-order valence-corrected chi connectivity index (χ4v) is 7.12. The van der Waals surface area contributed by atoms with Crippen LogP contribution in [0, 0.1) is 6.92 Å². The quantitative estimate of drug-likeness (QED) is 0.367.